The normalized spacial score (nSPS) is 10.9. The van der Waals surface area contributed by atoms with E-state index in [-0.39, 0.29) is 11.2 Å². The van der Waals surface area contributed by atoms with E-state index in [1.54, 1.807) is 50.6 Å². The Morgan fingerprint density at radius 1 is 0.829 bits per heavy atom. The second-order valence-electron chi connectivity index (χ2n) is 8.02. The molecule has 0 spiro atoms. The van der Waals surface area contributed by atoms with Crippen LogP contribution in [-0.2, 0) is 0 Å². The lowest BCUT2D eigenvalue weighted by Gasteiger charge is -2.14. The maximum atomic E-state index is 13.4. The fourth-order valence-corrected chi connectivity index (χ4v) is 3.82. The summed E-state index contributed by atoms with van der Waals surface area (Å²) in [6.07, 6.45) is 1.47. The first-order valence-electron chi connectivity index (χ1n) is 11.3. The molecule has 0 aliphatic rings. The third kappa shape index (κ3) is 5.72. The van der Waals surface area contributed by atoms with E-state index >= 15 is 0 Å². The van der Waals surface area contributed by atoms with Crippen LogP contribution in [0.4, 0.5) is 0 Å². The van der Waals surface area contributed by atoms with Gasteiger partial charge >= 0.3 is 0 Å². The molecule has 0 N–H and O–H groups in total. The quantitative estimate of drug-likeness (QED) is 0.229. The Kier molecular flexibility index (Phi) is 7.83. The maximum absolute atomic E-state index is 13.4. The number of rotatable bonds is 10. The molecule has 0 radical (unpaired) electrons. The molecular weight excluding hydrogens is 468 g/mol. The van der Waals surface area contributed by atoms with Crippen molar-refractivity contribution in [2.75, 3.05) is 27.4 Å². The molecule has 0 atom stereocenters. The van der Waals surface area contributed by atoms with Crippen LogP contribution in [0.5, 0.6) is 23.0 Å². The molecule has 0 bridgehead atoms. The zero-order chi connectivity index (χ0) is 24.8. The van der Waals surface area contributed by atoms with Crippen LogP contribution in [0.3, 0.4) is 0 Å². The molecule has 0 saturated carbocycles. The van der Waals surface area contributed by atoms with Crippen molar-refractivity contribution in [1.82, 2.24) is 0 Å². The van der Waals surface area contributed by atoms with Crippen molar-refractivity contribution in [3.8, 4) is 34.3 Å². The number of aryl methyl sites for hydroxylation is 1. The molecule has 0 unspecified atom stereocenters. The summed E-state index contributed by atoms with van der Waals surface area (Å²) in [4.78, 5) is 13.4. The molecule has 0 aliphatic heterocycles. The summed E-state index contributed by atoms with van der Waals surface area (Å²) in [6, 6.07) is 18.2. The van der Waals surface area contributed by atoms with Crippen LogP contribution in [0.1, 0.15) is 18.4 Å². The summed E-state index contributed by atoms with van der Waals surface area (Å²) in [6.45, 7) is 2.92. The lowest BCUT2D eigenvalue weighted by Crippen LogP contribution is -2.12. The Labute approximate surface area is 209 Å². The van der Waals surface area contributed by atoms with Gasteiger partial charge in [0.25, 0.3) is 0 Å². The van der Waals surface area contributed by atoms with E-state index in [1.807, 2.05) is 31.2 Å². The molecule has 4 rings (SSSR count). The van der Waals surface area contributed by atoms with Gasteiger partial charge in [0.1, 0.15) is 11.3 Å². The summed E-state index contributed by atoms with van der Waals surface area (Å²) in [7, 11) is 3.12. The molecule has 1 heterocycles. The number of ether oxygens (including phenoxy) is 4. The van der Waals surface area contributed by atoms with Gasteiger partial charge in [0.2, 0.25) is 11.2 Å². The maximum Gasteiger partial charge on any atom is 0.235 e. The third-order valence-corrected chi connectivity index (χ3v) is 5.77. The van der Waals surface area contributed by atoms with E-state index in [4.69, 9.17) is 35.0 Å². The summed E-state index contributed by atoms with van der Waals surface area (Å²) in [5.74, 6) is 2.37. The lowest BCUT2D eigenvalue weighted by molar-refractivity contribution is 0.263. The average Bonchev–Trinajstić information content (AvgIpc) is 2.88. The molecule has 182 valence electrons. The van der Waals surface area contributed by atoms with Gasteiger partial charge in [-0.15, -0.1) is 0 Å². The third-order valence-electron chi connectivity index (χ3n) is 5.53. The first-order chi connectivity index (χ1) is 17.0. The average molecular weight is 495 g/mol. The molecule has 6 nitrogen and oxygen atoms in total. The number of hydrogen-bond acceptors (Lipinski definition) is 6. The fourth-order valence-electron chi connectivity index (χ4n) is 3.65. The van der Waals surface area contributed by atoms with Crippen molar-refractivity contribution in [2.24, 2.45) is 0 Å². The van der Waals surface area contributed by atoms with Crippen molar-refractivity contribution in [2.45, 2.75) is 19.8 Å². The number of benzene rings is 3. The fraction of sp³-hybridized carbons (Fsp3) is 0.250. The summed E-state index contributed by atoms with van der Waals surface area (Å²) in [5, 5.41) is 0.808. The minimum absolute atomic E-state index is 0.131. The van der Waals surface area contributed by atoms with Gasteiger partial charge in [0.15, 0.2) is 17.3 Å². The minimum Gasteiger partial charge on any atom is -0.494 e. The van der Waals surface area contributed by atoms with Gasteiger partial charge in [-0.05, 0) is 68.3 Å². The zero-order valence-electron chi connectivity index (χ0n) is 19.9. The molecule has 4 aromatic rings. The highest BCUT2D eigenvalue weighted by Gasteiger charge is 2.19. The second-order valence-corrected chi connectivity index (χ2v) is 8.45. The van der Waals surface area contributed by atoms with Crippen LogP contribution in [-0.4, -0.2) is 27.4 Å². The Bertz CT molecular complexity index is 1360. The first kappa shape index (κ1) is 24.5. The molecule has 0 aliphatic carbocycles. The topological polar surface area (TPSA) is 67.1 Å². The number of halogens is 1. The highest BCUT2D eigenvalue weighted by molar-refractivity contribution is 6.31. The van der Waals surface area contributed by atoms with E-state index in [2.05, 4.69) is 0 Å². The second kappa shape index (κ2) is 11.2. The molecule has 0 saturated heterocycles. The van der Waals surface area contributed by atoms with Crippen molar-refractivity contribution < 1.29 is 23.4 Å². The van der Waals surface area contributed by atoms with E-state index in [9.17, 15) is 4.79 Å². The van der Waals surface area contributed by atoms with Gasteiger partial charge in [-0.25, -0.2) is 0 Å². The van der Waals surface area contributed by atoms with Gasteiger partial charge in [-0.1, -0.05) is 29.3 Å². The van der Waals surface area contributed by atoms with Crippen LogP contribution < -0.4 is 24.4 Å². The monoisotopic (exact) mass is 494 g/mol. The van der Waals surface area contributed by atoms with Gasteiger partial charge in [0, 0.05) is 10.6 Å². The van der Waals surface area contributed by atoms with E-state index < -0.39 is 0 Å². The van der Waals surface area contributed by atoms with Crippen LogP contribution in [0, 0.1) is 6.92 Å². The van der Waals surface area contributed by atoms with Crippen molar-refractivity contribution >= 4 is 22.6 Å². The van der Waals surface area contributed by atoms with E-state index in [0.717, 1.165) is 12.2 Å². The molecular formula is C28H27ClO6. The Balaban J connectivity index is 1.55. The molecule has 0 fully saturated rings. The number of methoxy groups -OCH3 is 2. The predicted molar refractivity (Wildman–Crippen MR) is 137 cm³/mol. The van der Waals surface area contributed by atoms with Crippen LogP contribution in [0.2, 0.25) is 5.02 Å². The zero-order valence-corrected chi connectivity index (χ0v) is 20.7. The van der Waals surface area contributed by atoms with Gasteiger partial charge in [-0.3, -0.25) is 4.79 Å². The Hall–Kier alpha value is -3.64. The summed E-state index contributed by atoms with van der Waals surface area (Å²) >= 11 is 6.13. The summed E-state index contributed by atoms with van der Waals surface area (Å²) in [5.41, 5.74) is 1.96. The highest BCUT2D eigenvalue weighted by atomic mass is 35.5. The van der Waals surface area contributed by atoms with Gasteiger partial charge in [0.05, 0.1) is 32.8 Å². The molecule has 35 heavy (non-hydrogen) atoms. The van der Waals surface area contributed by atoms with E-state index in [1.165, 1.54) is 5.56 Å². The minimum atomic E-state index is -0.283. The van der Waals surface area contributed by atoms with Crippen molar-refractivity contribution in [1.29, 1.82) is 0 Å². The smallest absolute Gasteiger partial charge is 0.235 e. The number of hydrogen-bond donors (Lipinski definition) is 0. The van der Waals surface area contributed by atoms with Crippen LogP contribution in [0.25, 0.3) is 22.3 Å². The van der Waals surface area contributed by atoms with E-state index in [0.29, 0.717) is 58.4 Å². The number of unbranched alkanes of at least 4 members (excludes halogenated alkanes) is 1. The number of fused-ring (bicyclic) bond motifs is 1. The first-order valence-corrected chi connectivity index (χ1v) is 11.7. The Morgan fingerprint density at radius 2 is 1.54 bits per heavy atom. The van der Waals surface area contributed by atoms with Crippen molar-refractivity contribution in [3.63, 3.8) is 0 Å². The van der Waals surface area contributed by atoms with Gasteiger partial charge in [-0.2, -0.15) is 0 Å². The molecule has 3 aromatic carbocycles. The van der Waals surface area contributed by atoms with Crippen LogP contribution >= 0.6 is 11.6 Å². The summed E-state index contributed by atoms with van der Waals surface area (Å²) < 4.78 is 28.6. The largest absolute Gasteiger partial charge is 0.494 e. The van der Waals surface area contributed by atoms with Crippen LogP contribution in [0.15, 0.2) is 69.9 Å². The molecule has 1 aromatic heterocycles. The van der Waals surface area contributed by atoms with Gasteiger partial charge < -0.3 is 23.4 Å². The van der Waals surface area contributed by atoms with Crippen molar-refractivity contribution in [3.05, 3.63) is 81.5 Å². The standard InChI is InChI=1S/C28H27ClO6/c1-18-6-10-21(11-7-18)33-14-4-5-15-34-28-26(30)22-17-20(29)9-13-23(22)35-27(28)19-8-12-24(31-2)25(16-19)32-3/h6-13,16-17H,4-5,14-15H2,1-3H3. The molecule has 0 amide bonds. The predicted octanol–water partition coefficient (Wildman–Crippen LogP) is 6.68. The highest BCUT2D eigenvalue weighted by Crippen LogP contribution is 2.37. The lowest BCUT2D eigenvalue weighted by atomic mass is 10.1. The SMILES string of the molecule is COc1ccc(-c2oc3ccc(Cl)cc3c(=O)c2OCCCCOc2ccc(C)cc2)cc1OC. The Morgan fingerprint density at radius 3 is 2.26 bits per heavy atom. The molecule has 7 heteroatoms.